The number of Topliss-reactive ketones (excluding diaryl/α,β-unsaturated/α-hetero) is 1. The van der Waals surface area contributed by atoms with Gasteiger partial charge in [-0.05, 0) is 6.42 Å². The first-order valence-corrected chi connectivity index (χ1v) is 8.71. The molecule has 11 heteroatoms. The summed E-state index contributed by atoms with van der Waals surface area (Å²) >= 11 is 12.0. The van der Waals surface area contributed by atoms with Crippen LogP contribution in [0.25, 0.3) is 0 Å². The van der Waals surface area contributed by atoms with Crippen molar-refractivity contribution in [1.29, 1.82) is 0 Å². The molecule has 27 heavy (non-hydrogen) atoms. The second-order valence-electron chi connectivity index (χ2n) is 5.79. The third kappa shape index (κ3) is 4.92. The number of pyridine rings is 1. The molecule has 0 aromatic carbocycles. The number of hydrogen-bond acceptors (Lipinski definition) is 6. The number of allylic oxidation sites excluding steroid dienone is 1. The summed E-state index contributed by atoms with van der Waals surface area (Å²) in [6.07, 6.45) is -0.130. The molecule has 0 spiro atoms. The molecule has 1 unspecified atom stereocenters. The molecule has 1 atom stereocenters. The first-order valence-electron chi connectivity index (χ1n) is 7.95. The molecule has 148 valence electrons. The molecule has 1 amide bonds. The number of rotatable bonds is 7. The molecule has 0 saturated carbocycles. The van der Waals surface area contributed by atoms with E-state index in [2.05, 4.69) is 4.98 Å². The lowest BCUT2D eigenvalue weighted by molar-refractivity contribution is -0.129. The molecule has 2 heterocycles. The quantitative estimate of drug-likeness (QED) is 0.510. The zero-order valence-electron chi connectivity index (χ0n) is 14.1. The zero-order valence-corrected chi connectivity index (χ0v) is 15.6. The van der Waals surface area contributed by atoms with Crippen molar-refractivity contribution in [1.82, 2.24) is 9.88 Å². The van der Waals surface area contributed by atoms with E-state index in [0.717, 1.165) is 4.90 Å². The minimum absolute atomic E-state index is 0.00911. The Morgan fingerprint density at radius 3 is 2.44 bits per heavy atom. The van der Waals surface area contributed by atoms with Crippen molar-refractivity contribution in [3.63, 3.8) is 0 Å². The van der Waals surface area contributed by atoms with E-state index in [-0.39, 0.29) is 22.2 Å². The summed E-state index contributed by atoms with van der Waals surface area (Å²) in [6.45, 7) is -0.422. The Bertz CT molecular complexity index is 735. The van der Waals surface area contributed by atoms with Crippen LogP contribution in [-0.2, 0) is 9.53 Å². The number of carbonyl (C=O) groups excluding carboxylic acids is 2. The monoisotopic (exact) mass is 422 g/mol. The van der Waals surface area contributed by atoms with Gasteiger partial charge in [-0.25, -0.2) is 8.78 Å². The van der Waals surface area contributed by atoms with Gasteiger partial charge in [-0.15, -0.1) is 0 Å². The third-order valence-corrected chi connectivity index (χ3v) is 4.67. The number of carbonyl (C=O) groups is 2. The van der Waals surface area contributed by atoms with E-state index in [1.54, 1.807) is 0 Å². The minimum atomic E-state index is -3.05. The van der Waals surface area contributed by atoms with Crippen LogP contribution in [-0.4, -0.2) is 60.3 Å². The fraction of sp³-hybridized carbons (Fsp3) is 0.438. The molecule has 1 aromatic rings. The maximum atomic E-state index is 13.0. The first kappa shape index (κ1) is 21.5. The van der Waals surface area contributed by atoms with Gasteiger partial charge < -0.3 is 21.1 Å². The Kier molecular flexibility index (Phi) is 7.49. The van der Waals surface area contributed by atoms with Crippen molar-refractivity contribution in [3.8, 4) is 0 Å². The predicted molar refractivity (Wildman–Crippen MR) is 95.8 cm³/mol. The van der Waals surface area contributed by atoms with Crippen LogP contribution in [0, 0.1) is 0 Å². The SMILES string of the molecule is NC/C(C(=O)N(CC(=O)c1c(Cl)cncc1Cl)C1CCOC1)=C(\N)C(F)F. The van der Waals surface area contributed by atoms with Crippen LogP contribution in [0.3, 0.4) is 0 Å². The molecule has 0 radical (unpaired) electrons. The Labute approximate surface area is 164 Å². The highest BCUT2D eigenvalue weighted by Gasteiger charge is 2.33. The van der Waals surface area contributed by atoms with E-state index < -0.39 is 48.5 Å². The van der Waals surface area contributed by atoms with Gasteiger partial charge in [0, 0.05) is 25.5 Å². The molecule has 0 bridgehead atoms. The lowest BCUT2D eigenvalue weighted by Gasteiger charge is -2.29. The van der Waals surface area contributed by atoms with Crippen LogP contribution >= 0.6 is 23.2 Å². The summed E-state index contributed by atoms with van der Waals surface area (Å²) in [5.74, 6) is -1.42. The summed E-state index contributed by atoms with van der Waals surface area (Å²) in [5.41, 5.74) is 9.41. The molecular formula is C16H18Cl2F2N4O3. The lowest BCUT2D eigenvalue weighted by Crippen LogP contribution is -2.46. The molecule has 0 aliphatic carbocycles. The van der Waals surface area contributed by atoms with Gasteiger partial charge in [-0.3, -0.25) is 14.6 Å². The van der Waals surface area contributed by atoms with E-state index in [0.29, 0.717) is 13.0 Å². The number of amides is 1. The van der Waals surface area contributed by atoms with Gasteiger partial charge in [0.25, 0.3) is 12.3 Å². The van der Waals surface area contributed by atoms with Crippen LogP contribution in [0.5, 0.6) is 0 Å². The molecule has 1 aromatic heterocycles. The van der Waals surface area contributed by atoms with E-state index in [4.69, 9.17) is 39.4 Å². The summed E-state index contributed by atoms with van der Waals surface area (Å²) in [7, 11) is 0. The maximum absolute atomic E-state index is 13.0. The highest BCUT2D eigenvalue weighted by atomic mass is 35.5. The zero-order chi connectivity index (χ0) is 20.1. The number of halogens is 4. The fourth-order valence-corrected chi connectivity index (χ4v) is 3.26. The molecule has 2 rings (SSSR count). The second-order valence-corrected chi connectivity index (χ2v) is 6.60. The number of alkyl halides is 2. The van der Waals surface area contributed by atoms with Crippen molar-refractivity contribution in [2.45, 2.75) is 18.9 Å². The highest BCUT2D eigenvalue weighted by molar-refractivity contribution is 6.39. The molecule has 7 nitrogen and oxygen atoms in total. The molecular weight excluding hydrogens is 405 g/mol. The van der Waals surface area contributed by atoms with Crippen LogP contribution in [0.4, 0.5) is 8.78 Å². The van der Waals surface area contributed by atoms with E-state index in [1.165, 1.54) is 12.4 Å². The smallest absolute Gasteiger partial charge is 0.278 e. The maximum Gasteiger partial charge on any atom is 0.278 e. The molecule has 1 fully saturated rings. The lowest BCUT2D eigenvalue weighted by atomic mass is 10.1. The summed E-state index contributed by atoms with van der Waals surface area (Å²) < 4.78 is 31.2. The number of nitrogens with zero attached hydrogens (tertiary/aromatic N) is 2. The van der Waals surface area contributed by atoms with Gasteiger partial charge >= 0.3 is 0 Å². The predicted octanol–water partition coefficient (Wildman–Crippen LogP) is 1.63. The van der Waals surface area contributed by atoms with Crippen LogP contribution in [0.15, 0.2) is 23.7 Å². The van der Waals surface area contributed by atoms with E-state index in [1.807, 2.05) is 0 Å². The van der Waals surface area contributed by atoms with Crippen LogP contribution in [0.2, 0.25) is 10.0 Å². The average Bonchev–Trinajstić information content (AvgIpc) is 3.14. The van der Waals surface area contributed by atoms with Crippen molar-refractivity contribution in [3.05, 3.63) is 39.3 Å². The van der Waals surface area contributed by atoms with Crippen molar-refractivity contribution >= 4 is 34.9 Å². The summed E-state index contributed by atoms with van der Waals surface area (Å²) in [5, 5.41) is 0.0357. The van der Waals surface area contributed by atoms with Gasteiger partial charge in [-0.2, -0.15) is 0 Å². The van der Waals surface area contributed by atoms with Gasteiger partial charge in [-0.1, -0.05) is 23.2 Å². The van der Waals surface area contributed by atoms with Crippen LogP contribution < -0.4 is 11.5 Å². The number of ketones is 1. The fourth-order valence-electron chi connectivity index (χ4n) is 2.68. The Balaban J connectivity index is 2.36. The largest absolute Gasteiger partial charge is 0.397 e. The highest BCUT2D eigenvalue weighted by Crippen LogP contribution is 2.25. The number of aromatic nitrogens is 1. The number of nitrogens with two attached hydrogens (primary N) is 2. The van der Waals surface area contributed by atoms with Gasteiger partial charge in [0.05, 0.1) is 46.1 Å². The number of hydrogen-bond donors (Lipinski definition) is 2. The van der Waals surface area contributed by atoms with Crippen molar-refractivity contribution in [2.75, 3.05) is 26.3 Å². The minimum Gasteiger partial charge on any atom is -0.397 e. The van der Waals surface area contributed by atoms with Gasteiger partial charge in [0.15, 0.2) is 5.78 Å². The first-order chi connectivity index (χ1) is 12.8. The standard InChI is InChI=1S/C16H18Cl2F2N4O3/c17-10-4-23-5-11(18)13(10)12(25)6-24(8-1-2-27-7-8)16(26)9(3-21)14(22)15(19)20/h4-5,8,15H,1-3,6-7,21-22H2/b14-9+. The van der Waals surface area contributed by atoms with Crippen molar-refractivity contribution < 1.29 is 23.1 Å². The molecule has 1 saturated heterocycles. The Morgan fingerprint density at radius 2 is 1.96 bits per heavy atom. The molecule has 1 aliphatic rings. The second kappa shape index (κ2) is 9.41. The normalized spacial score (nSPS) is 17.8. The summed E-state index contributed by atoms with van der Waals surface area (Å²) in [4.78, 5) is 30.4. The number of ether oxygens (including phenoxy) is 1. The molecule has 1 aliphatic heterocycles. The Hall–Kier alpha value is -1.81. The van der Waals surface area contributed by atoms with E-state index in [9.17, 15) is 18.4 Å². The van der Waals surface area contributed by atoms with Gasteiger partial charge in [0.2, 0.25) is 0 Å². The summed E-state index contributed by atoms with van der Waals surface area (Å²) in [6, 6.07) is -0.493. The van der Waals surface area contributed by atoms with E-state index >= 15 is 0 Å². The topological polar surface area (TPSA) is 112 Å². The van der Waals surface area contributed by atoms with Crippen molar-refractivity contribution in [2.24, 2.45) is 11.5 Å². The average molecular weight is 423 g/mol. The van der Waals surface area contributed by atoms with Crippen LogP contribution in [0.1, 0.15) is 16.8 Å². The third-order valence-electron chi connectivity index (χ3n) is 4.10. The Morgan fingerprint density at radius 1 is 1.33 bits per heavy atom. The molecule has 4 N–H and O–H groups in total. The van der Waals surface area contributed by atoms with Gasteiger partial charge in [0.1, 0.15) is 0 Å².